The van der Waals surface area contributed by atoms with E-state index in [4.69, 9.17) is 14.2 Å². The third kappa shape index (κ3) is 6.65. The molecule has 0 radical (unpaired) electrons. The Hall–Kier alpha value is -3.29. The fourth-order valence-corrected chi connectivity index (χ4v) is 2.71. The van der Waals surface area contributed by atoms with Gasteiger partial charge < -0.3 is 19.5 Å². The first-order chi connectivity index (χ1) is 14.5. The average molecular weight is 416 g/mol. The van der Waals surface area contributed by atoms with Gasteiger partial charge >= 0.3 is 0 Å². The molecule has 0 aromatic heterocycles. The molecule has 2 rings (SSSR count). The number of nitro benzene ring substituents is 1. The summed E-state index contributed by atoms with van der Waals surface area (Å²) < 4.78 is 16.4. The van der Waals surface area contributed by atoms with Gasteiger partial charge in [-0.1, -0.05) is 26.0 Å². The van der Waals surface area contributed by atoms with Crippen molar-refractivity contribution in [3.8, 4) is 17.2 Å². The van der Waals surface area contributed by atoms with Gasteiger partial charge in [0, 0.05) is 12.5 Å². The predicted octanol–water partition coefficient (Wildman–Crippen LogP) is 4.75. The van der Waals surface area contributed by atoms with E-state index in [9.17, 15) is 14.9 Å². The molecule has 2 aromatic carbocycles. The third-order valence-corrected chi connectivity index (χ3v) is 4.26. The molecule has 8 heteroatoms. The first-order valence-electron chi connectivity index (χ1n) is 9.99. The van der Waals surface area contributed by atoms with Crippen LogP contribution in [0.3, 0.4) is 0 Å². The molecular formula is C22H28N2O6. The van der Waals surface area contributed by atoms with Crippen LogP contribution in [0.1, 0.15) is 38.7 Å². The molecule has 30 heavy (non-hydrogen) atoms. The van der Waals surface area contributed by atoms with Crippen LogP contribution in [0.4, 0.5) is 11.4 Å². The number of nitrogens with zero attached hydrogens (tertiary/aromatic N) is 1. The van der Waals surface area contributed by atoms with Gasteiger partial charge in [0.1, 0.15) is 11.4 Å². The van der Waals surface area contributed by atoms with Crippen LogP contribution >= 0.6 is 0 Å². The van der Waals surface area contributed by atoms with Crippen molar-refractivity contribution >= 4 is 17.3 Å². The quantitative estimate of drug-likeness (QED) is 0.396. The number of methoxy groups -OCH3 is 1. The molecule has 0 aliphatic rings. The molecule has 162 valence electrons. The maximum absolute atomic E-state index is 12.4. The number of rotatable bonds is 12. The number of carbonyl (C=O) groups is 1. The van der Waals surface area contributed by atoms with Gasteiger partial charge in [-0.25, -0.2) is 0 Å². The highest BCUT2D eigenvalue weighted by Gasteiger charge is 2.21. The Kier molecular flexibility index (Phi) is 8.93. The van der Waals surface area contributed by atoms with Crippen LogP contribution in [0.5, 0.6) is 17.2 Å². The Balaban J connectivity index is 2.16. The van der Waals surface area contributed by atoms with Crippen molar-refractivity contribution in [2.75, 3.05) is 25.6 Å². The number of nitrogens with one attached hydrogen (secondary N) is 1. The standard InChI is InChI=1S/C22H28N2O6/c1-4-12-29-20-14-18(19(24(26)27)15-21(20)30-13-5-2)23-22(25)11-8-16-6-9-17(28-3)10-7-16/h6-7,9-10,14-15H,4-5,8,11-13H2,1-3H3,(H,23,25). The number of amides is 1. The van der Waals surface area contributed by atoms with E-state index in [0.29, 0.717) is 31.1 Å². The summed E-state index contributed by atoms with van der Waals surface area (Å²) in [5.74, 6) is 1.09. The number of aryl methyl sites for hydroxylation is 1. The van der Waals surface area contributed by atoms with Crippen molar-refractivity contribution in [2.45, 2.75) is 39.5 Å². The van der Waals surface area contributed by atoms with Gasteiger partial charge in [0.05, 0.1) is 31.3 Å². The number of anilines is 1. The van der Waals surface area contributed by atoms with Gasteiger partial charge in [-0.15, -0.1) is 0 Å². The summed E-state index contributed by atoms with van der Waals surface area (Å²) in [7, 11) is 1.59. The summed E-state index contributed by atoms with van der Waals surface area (Å²) in [5.41, 5.74) is 0.827. The molecule has 0 unspecified atom stereocenters. The first kappa shape index (κ1) is 23.0. The summed E-state index contributed by atoms with van der Waals surface area (Å²) in [6.45, 7) is 4.75. The molecular weight excluding hydrogens is 388 g/mol. The predicted molar refractivity (Wildman–Crippen MR) is 115 cm³/mol. The summed E-state index contributed by atoms with van der Waals surface area (Å²) in [4.78, 5) is 23.4. The smallest absolute Gasteiger partial charge is 0.296 e. The zero-order chi connectivity index (χ0) is 21.9. The van der Waals surface area contributed by atoms with Gasteiger partial charge in [0.25, 0.3) is 5.69 Å². The lowest BCUT2D eigenvalue weighted by Crippen LogP contribution is -2.14. The molecule has 0 saturated carbocycles. The summed E-state index contributed by atoms with van der Waals surface area (Å²) in [5, 5.41) is 14.2. The van der Waals surface area contributed by atoms with Gasteiger partial charge in [0.15, 0.2) is 11.5 Å². The Morgan fingerprint density at radius 3 is 2.17 bits per heavy atom. The minimum absolute atomic E-state index is 0.0923. The number of hydrogen-bond donors (Lipinski definition) is 1. The second kappa shape index (κ2) is 11.6. The molecule has 8 nitrogen and oxygen atoms in total. The largest absolute Gasteiger partial charge is 0.497 e. The van der Waals surface area contributed by atoms with E-state index in [1.54, 1.807) is 7.11 Å². The zero-order valence-corrected chi connectivity index (χ0v) is 17.6. The maximum atomic E-state index is 12.4. The van der Waals surface area contributed by atoms with Crippen LogP contribution in [-0.4, -0.2) is 31.2 Å². The minimum Gasteiger partial charge on any atom is -0.497 e. The SMILES string of the molecule is CCCOc1cc(NC(=O)CCc2ccc(OC)cc2)c([N+](=O)[O-])cc1OCCC. The molecule has 0 saturated heterocycles. The number of ether oxygens (including phenoxy) is 3. The summed E-state index contributed by atoms with van der Waals surface area (Å²) in [6, 6.07) is 10.2. The second-order valence-corrected chi connectivity index (χ2v) is 6.67. The average Bonchev–Trinajstić information content (AvgIpc) is 2.75. The highest BCUT2D eigenvalue weighted by atomic mass is 16.6. The molecule has 2 aromatic rings. The highest BCUT2D eigenvalue weighted by molar-refractivity contribution is 5.93. The van der Waals surface area contributed by atoms with Crippen molar-refractivity contribution in [1.82, 2.24) is 0 Å². The minimum atomic E-state index is -0.540. The fourth-order valence-electron chi connectivity index (χ4n) is 2.71. The molecule has 0 aliphatic heterocycles. The molecule has 0 aliphatic carbocycles. The number of benzene rings is 2. The Morgan fingerprint density at radius 2 is 1.63 bits per heavy atom. The lowest BCUT2D eigenvalue weighted by molar-refractivity contribution is -0.384. The van der Waals surface area contributed by atoms with Crippen molar-refractivity contribution in [2.24, 2.45) is 0 Å². The van der Waals surface area contributed by atoms with Crippen LogP contribution < -0.4 is 19.5 Å². The third-order valence-electron chi connectivity index (χ3n) is 4.26. The number of carbonyl (C=O) groups excluding carboxylic acids is 1. The Bertz CT molecular complexity index is 851. The van der Waals surface area contributed by atoms with E-state index in [-0.39, 0.29) is 23.7 Å². The van der Waals surface area contributed by atoms with Crippen LogP contribution in [-0.2, 0) is 11.2 Å². The summed E-state index contributed by atoms with van der Waals surface area (Å²) >= 11 is 0. The van der Waals surface area contributed by atoms with Crippen LogP contribution in [0, 0.1) is 10.1 Å². The Labute approximate surface area is 176 Å². The monoisotopic (exact) mass is 416 g/mol. The van der Waals surface area contributed by atoms with Gasteiger partial charge in [-0.05, 0) is 37.0 Å². The number of nitro groups is 1. The lowest BCUT2D eigenvalue weighted by Gasteiger charge is -2.14. The van der Waals surface area contributed by atoms with Crippen molar-refractivity contribution in [1.29, 1.82) is 0 Å². The molecule has 1 N–H and O–H groups in total. The van der Waals surface area contributed by atoms with Crippen LogP contribution in [0.25, 0.3) is 0 Å². The maximum Gasteiger partial charge on any atom is 0.296 e. The van der Waals surface area contributed by atoms with E-state index in [2.05, 4.69) is 5.32 Å². The van der Waals surface area contributed by atoms with Crippen molar-refractivity contribution in [3.05, 3.63) is 52.1 Å². The molecule has 0 bridgehead atoms. The van der Waals surface area contributed by atoms with Gasteiger partial charge in [0.2, 0.25) is 5.91 Å². The van der Waals surface area contributed by atoms with Crippen LogP contribution in [0.15, 0.2) is 36.4 Å². The van der Waals surface area contributed by atoms with E-state index >= 15 is 0 Å². The van der Waals surface area contributed by atoms with Crippen molar-refractivity contribution in [3.63, 3.8) is 0 Å². The van der Waals surface area contributed by atoms with Gasteiger partial charge in [-0.3, -0.25) is 14.9 Å². The summed E-state index contributed by atoms with van der Waals surface area (Å²) in [6.07, 6.45) is 2.21. The zero-order valence-electron chi connectivity index (χ0n) is 17.6. The second-order valence-electron chi connectivity index (χ2n) is 6.67. The van der Waals surface area contributed by atoms with E-state index in [1.807, 2.05) is 38.1 Å². The topological polar surface area (TPSA) is 99.9 Å². The van der Waals surface area contributed by atoms with E-state index < -0.39 is 4.92 Å². The lowest BCUT2D eigenvalue weighted by atomic mass is 10.1. The molecule has 1 amide bonds. The van der Waals surface area contributed by atoms with E-state index in [1.165, 1.54) is 12.1 Å². The highest BCUT2D eigenvalue weighted by Crippen LogP contribution is 2.38. The van der Waals surface area contributed by atoms with Gasteiger partial charge in [-0.2, -0.15) is 0 Å². The Morgan fingerprint density at radius 1 is 1.03 bits per heavy atom. The fraction of sp³-hybridized carbons (Fsp3) is 0.409. The number of hydrogen-bond acceptors (Lipinski definition) is 6. The molecule has 0 atom stereocenters. The van der Waals surface area contributed by atoms with Crippen LogP contribution in [0.2, 0.25) is 0 Å². The molecule has 0 fully saturated rings. The van der Waals surface area contributed by atoms with E-state index in [0.717, 1.165) is 24.2 Å². The molecule has 0 spiro atoms. The normalized spacial score (nSPS) is 10.4. The first-order valence-corrected chi connectivity index (χ1v) is 9.99. The van der Waals surface area contributed by atoms with Crippen molar-refractivity contribution < 1.29 is 23.9 Å². The molecule has 0 heterocycles.